The maximum absolute atomic E-state index is 12.7. The molecular weight excluding hydrogens is 422 g/mol. The Kier molecular flexibility index (Phi) is 6.84. The van der Waals surface area contributed by atoms with Crippen molar-refractivity contribution in [2.24, 2.45) is 0 Å². The SMILES string of the molecule is CC(C)(C)OC(=O)N1CCC(NC(=O)c2[nH]ncc2NC(=O)c2ccc(Cl)cc2)CC1. The smallest absolute Gasteiger partial charge is 0.410 e. The molecule has 0 bridgehead atoms. The normalized spacial score (nSPS) is 14.8. The Morgan fingerprint density at radius 3 is 2.39 bits per heavy atom. The van der Waals surface area contributed by atoms with Crippen molar-refractivity contribution in [2.75, 3.05) is 18.4 Å². The van der Waals surface area contributed by atoms with Crippen molar-refractivity contribution in [1.82, 2.24) is 20.4 Å². The Hall–Kier alpha value is -3.07. The fraction of sp³-hybridized carbons (Fsp3) is 0.429. The number of nitrogens with one attached hydrogen (secondary N) is 3. The lowest BCUT2D eigenvalue weighted by molar-refractivity contribution is 0.0199. The molecule has 9 nitrogen and oxygen atoms in total. The van der Waals surface area contributed by atoms with Crippen molar-refractivity contribution in [3.63, 3.8) is 0 Å². The molecule has 0 saturated carbocycles. The molecule has 2 heterocycles. The average Bonchev–Trinajstić information content (AvgIpc) is 3.16. The molecule has 0 radical (unpaired) electrons. The zero-order chi connectivity index (χ0) is 22.6. The van der Waals surface area contributed by atoms with Gasteiger partial charge in [0.15, 0.2) is 0 Å². The fourth-order valence-electron chi connectivity index (χ4n) is 3.14. The number of halogens is 1. The van der Waals surface area contributed by atoms with Crippen LogP contribution in [-0.2, 0) is 4.74 Å². The largest absolute Gasteiger partial charge is 0.444 e. The van der Waals surface area contributed by atoms with Gasteiger partial charge in [-0.3, -0.25) is 14.7 Å². The van der Waals surface area contributed by atoms with Crippen LogP contribution in [0.3, 0.4) is 0 Å². The summed E-state index contributed by atoms with van der Waals surface area (Å²) in [5.74, 6) is -0.752. The summed E-state index contributed by atoms with van der Waals surface area (Å²) in [5.41, 5.74) is 0.308. The lowest BCUT2D eigenvalue weighted by Crippen LogP contribution is -2.47. The highest BCUT2D eigenvalue weighted by molar-refractivity contribution is 6.30. The van der Waals surface area contributed by atoms with E-state index in [4.69, 9.17) is 16.3 Å². The summed E-state index contributed by atoms with van der Waals surface area (Å²) < 4.78 is 5.39. The van der Waals surface area contributed by atoms with Gasteiger partial charge in [-0.2, -0.15) is 5.10 Å². The first-order chi connectivity index (χ1) is 14.6. The number of benzene rings is 1. The van der Waals surface area contributed by atoms with Crippen LogP contribution in [0.4, 0.5) is 10.5 Å². The van der Waals surface area contributed by atoms with Crippen LogP contribution in [0.5, 0.6) is 0 Å². The first kappa shape index (κ1) is 22.6. The second kappa shape index (κ2) is 9.38. The van der Waals surface area contributed by atoms with Gasteiger partial charge in [-0.15, -0.1) is 0 Å². The lowest BCUT2D eigenvalue weighted by Gasteiger charge is -2.33. The van der Waals surface area contributed by atoms with Crippen LogP contribution < -0.4 is 10.6 Å². The number of carbonyl (C=O) groups excluding carboxylic acids is 3. The Morgan fingerprint density at radius 1 is 1.13 bits per heavy atom. The van der Waals surface area contributed by atoms with Gasteiger partial charge in [0, 0.05) is 29.7 Å². The number of amides is 3. The van der Waals surface area contributed by atoms with Gasteiger partial charge in [0.2, 0.25) is 0 Å². The number of H-pyrrole nitrogens is 1. The molecule has 0 atom stereocenters. The van der Waals surface area contributed by atoms with E-state index in [1.54, 1.807) is 29.2 Å². The van der Waals surface area contributed by atoms with Gasteiger partial charge in [-0.25, -0.2) is 4.79 Å². The van der Waals surface area contributed by atoms with Crippen LogP contribution in [0, 0.1) is 0 Å². The monoisotopic (exact) mass is 447 g/mol. The maximum Gasteiger partial charge on any atom is 0.410 e. The standard InChI is InChI=1S/C21H26ClN5O4/c1-21(2,3)31-20(30)27-10-8-15(9-11-27)24-19(29)17-16(12-23-26-17)25-18(28)13-4-6-14(22)7-5-13/h4-7,12,15H,8-11H2,1-3H3,(H,23,26)(H,24,29)(H,25,28). The Morgan fingerprint density at radius 2 is 1.77 bits per heavy atom. The van der Waals surface area contributed by atoms with Gasteiger partial charge >= 0.3 is 6.09 Å². The predicted octanol–water partition coefficient (Wildman–Crippen LogP) is 3.44. The van der Waals surface area contributed by atoms with Crippen molar-refractivity contribution >= 4 is 35.2 Å². The molecule has 0 unspecified atom stereocenters. The zero-order valence-electron chi connectivity index (χ0n) is 17.7. The Bertz CT molecular complexity index is 943. The fourth-order valence-corrected chi connectivity index (χ4v) is 3.27. The number of hydrogen-bond acceptors (Lipinski definition) is 5. The van der Waals surface area contributed by atoms with Gasteiger partial charge in [0.25, 0.3) is 11.8 Å². The molecule has 1 aromatic carbocycles. The minimum absolute atomic E-state index is 0.102. The van der Waals surface area contributed by atoms with Crippen LogP contribution >= 0.6 is 11.6 Å². The second-order valence-corrected chi connectivity index (χ2v) is 8.77. The molecule has 31 heavy (non-hydrogen) atoms. The molecule has 1 saturated heterocycles. The first-order valence-electron chi connectivity index (χ1n) is 10.0. The van der Waals surface area contributed by atoms with E-state index in [9.17, 15) is 14.4 Å². The lowest BCUT2D eigenvalue weighted by atomic mass is 10.1. The van der Waals surface area contributed by atoms with E-state index in [0.717, 1.165) is 0 Å². The molecule has 166 valence electrons. The molecule has 1 fully saturated rings. The van der Waals surface area contributed by atoms with Crippen molar-refractivity contribution in [3.8, 4) is 0 Å². The van der Waals surface area contributed by atoms with Gasteiger partial charge < -0.3 is 20.3 Å². The van der Waals surface area contributed by atoms with Crippen LogP contribution in [0.1, 0.15) is 54.5 Å². The van der Waals surface area contributed by atoms with Crippen molar-refractivity contribution in [1.29, 1.82) is 0 Å². The quantitative estimate of drug-likeness (QED) is 0.663. The van der Waals surface area contributed by atoms with Crippen LogP contribution in [0.15, 0.2) is 30.5 Å². The number of rotatable bonds is 4. The van der Waals surface area contributed by atoms with Gasteiger partial charge in [0.05, 0.1) is 11.9 Å². The van der Waals surface area contributed by atoms with E-state index in [-0.39, 0.29) is 35.3 Å². The molecule has 1 aromatic heterocycles. The van der Waals surface area contributed by atoms with E-state index >= 15 is 0 Å². The third-order valence-electron chi connectivity index (χ3n) is 4.70. The maximum atomic E-state index is 12.7. The van der Waals surface area contributed by atoms with Crippen molar-refractivity contribution in [3.05, 3.63) is 46.7 Å². The van der Waals surface area contributed by atoms with Crippen LogP contribution in [-0.4, -0.2) is 57.7 Å². The predicted molar refractivity (Wildman–Crippen MR) is 116 cm³/mol. The van der Waals surface area contributed by atoms with Gasteiger partial charge in [-0.1, -0.05) is 11.6 Å². The minimum Gasteiger partial charge on any atom is -0.444 e. The summed E-state index contributed by atoms with van der Waals surface area (Å²) in [6.45, 7) is 6.45. The van der Waals surface area contributed by atoms with E-state index in [1.165, 1.54) is 6.20 Å². The van der Waals surface area contributed by atoms with E-state index in [1.807, 2.05) is 20.8 Å². The number of likely N-dealkylation sites (tertiary alicyclic amines) is 1. The number of hydrogen-bond donors (Lipinski definition) is 3. The summed E-state index contributed by atoms with van der Waals surface area (Å²) in [7, 11) is 0. The molecule has 0 aliphatic carbocycles. The summed E-state index contributed by atoms with van der Waals surface area (Å²) in [4.78, 5) is 38.9. The minimum atomic E-state index is -0.546. The highest BCUT2D eigenvalue weighted by Crippen LogP contribution is 2.18. The molecule has 3 amide bonds. The van der Waals surface area contributed by atoms with E-state index < -0.39 is 5.60 Å². The number of nitrogens with zero attached hydrogens (tertiary/aromatic N) is 2. The van der Waals surface area contributed by atoms with E-state index in [2.05, 4.69) is 20.8 Å². The van der Waals surface area contributed by atoms with Crippen LogP contribution in [0.25, 0.3) is 0 Å². The topological polar surface area (TPSA) is 116 Å². The summed E-state index contributed by atoms with van der Waals surface area (Å²) >= 11 is 5.84. The third kappa shape index (κ3) is 6.21. The van der Waals surface area contributed by atoms with Crippen molar-refractivity contribution in [2.45, 2.75) is 45.3 Å². The van der Waals surface area contributed by atoms with Crippen molar-refractivity contribution < 1.29 is 19.1 Å². The summed E-state index contributed by atoms with van der Waals surface area (Å²) in [5, 5.41) is 12.6. The zero-order valence-corrected chi connectivity index (χ0v) is 18.5. The summed E-state index contributed by atoms with van der Waals surface area (Å²) in [6, 6.07) is 6.31. The molecule has 1 aliphatic rings. The number of aromatic nitrogens is 2. The first-order valence-corrected chi connectivity index (χ1v) is 10.4. The van der Waals surface area contributed by atoms with Crippen LogP contribution in [0.2, 0.25) is 5.02 Å². The highest BCUT2D eigenvalue weighted by atomic mass is 35.5. The Labute approximate surface area is 185 Å². The number of piperidine rings is 1. The number of anilines is 1. The summed E-state index contributed by atoms with van der Waals surface area (Å²) in [6.07, 6.45) is 2.24. The van der Waals surface area contributed by atoms with Gasteiger partial charge in [-0.05, 0) is 57.9 Å². The van der Waals surface area contributed by atoms with E-state index in [0.29, 0.717) is 36.5 Å². The molecule has 0 spiro atoms. The Balaban J connectivity index is 1.54. The molecule has 10 heteroatoms. The molecule has 3 N–H and O–H groups in total. The number of carbonyl (C=O) groups is 3. The average molecular weight is 448 g/mol. The molecular formula is C21H26ClN5O4. The van der Waals surface area contributed by atoms with Gasteiger partial charge in [0.1, 0.15) is 11.3 Å². The number of ether oxygens (including phenoxy) is 1. The third-order valence-corrected chi connectivity index (χ3v) is 4.95. The highest BCUT2D eigenvalue weighted by Gasteiger charge is 2.28. The number of aromatic amines is 1. The molecule has 2 aromatic rings. The second-order valence-electron chi connectivity index (χ2n) is 8.33. The molecule has 1 aliphatic heterocycles. The molecule has 3 rings (SSSR count).